The normalized spacial score (nSPS) is 13.8. The molecule has 9 heteroatoms. The Bertz CT molecular complexity index is 1080. The molecule has 1 aliphatic heterocycles. The van der Waals surface area contributed by atoms with E-state index in [1.165, 1.54) is 11.3 Å². The Morgan fingerprint density at radius 2 is 2.00 bits per heavy atom. The summed E-state index contributed by atoms with van der Waals surface area (Å²) in [5, 5.41) is 3.46. The Morgan fingerprint density at radius 1 is 1.21 bits per heavy atom. The molecule has 0 saturated carbocycles. The number of carbonyl (C=O) groups excluding carboxylic acids is 1. The predicted octanol–water partition coefficient (Wildman–Crippen LogP) is 5.40. The first kappa shape index (κ1) is 23.6. The summed E-state index contributed by atoms with van der Waals surface area (Å²) >= 11 is 3.10. The van der Waals surface area contributed by atoms with Crippen LogP contribution in [0.2, 0.25) is 0 Å². The molecule has 1 unspecified atom stereocenters. The number of amides is 1. The quantitative estimate of drug-likeness (QED) is 0.406. The molecule has 0 fully saturated rings. The molecule has 174 valence electrons. The second kappa shape index (κ2) is 11.0. The number of benzene rings is 2. The number of nitrogens with one attached hydrogen (secondary N) is 1. The monoisotopic (exact) mass is 486 g/mol. The van der Waals surface area contributed by atoms with E-state index in [9.17, 15) is 4.79 Å². The van der Waals surface area contributed by atoms with Crippen LogP contribution in [-0.2, 0) is 22.5 Å². The van der Waals surface area contributed by atoms with Crippen LogP contribution >= 0.6 is 23.1 Å². The first-order valence-corrected chi connectivity index (χ1v) is 12.6. The summed E-state index contributed by atoms with van der Waals surface area (Å²) in [7, 11) is 1.62. The van der Waals surface area contributed by atoms with Gasteiger partial charge in [0, 0.05) is 30.1 Å². The number of methoxy groups -OCH3 is 1. The minimum Gasteiger partial charge on any atom is -0.488 e. The van der Waals surface area contributed by atoms with Gasteiger partial charge in [-0.2, -0.15) is 0 Å². The van der Waals surface area contributed by atoms with Crippen molar-refractivity contribution in [3.8, 4) is 17.2 Å². The fraction of sp³-hybridized carbons (Fsp3) is 0.333. The van der Waals surface area contributed by atoms with Gasteiger partial charge in [-0.05, 0) is 49.6 Å². The van der Waals surface area contributed by atoms with Gasteiger partial charge in [0.25, 0.3) is 5.91 Å². The summed E-state index contributed by atoms with van der Waals surface area (Å²) in [4.78, 5) is 19.8. The van der Waals surface area contributed by atoms with Crippen LogP contribution in [0, 0.1) is 0 Å². The van der Waals surface area contributed by atoms with Crippen LogP contribution in [0.15, 0.2) is 47.4 Å². The topological polar surface area (TPSA) is 78.9 Å². The van der Waals surface area contributed by atoms with E-state index in [-0.39, 0.29) is 12.0 Å². The van der Waals surface area contributed by atoms with Gasteiger partial charge in [0.1, 0.15) is 23.4 Å². The number of aromatic nitrogens is 1. The summed E-state index contributed by atoms with van der Waals surface area (Å²) in [6, 6.07) is 12.9. The van der Waals surface area contributed by atoms with Gasteiger partial charge in [-0.25, -0.2) is 4.98 Å². The number of carbonyl (C=O) groups is 1. The lowest BCUT2D eigenvalue weighted by Gasteiger charge is -2.16. The molecule has 2 heterocycles. The van der Waals surface area contributed by atoms with Crippen molar-refractivity contribution < 1.29 is 23.7 Å². The van der Waals surface area contributed by atoms with E-state index >= 15 is 0 Å². The molecule has 7 nitrogen and oxygen atoms in total. The molecular formula is C24H26N2O5S2. The Morgan fingerprint density at radius 3 is 2.73 bits per heavy atom. The van der Waals surface area contributed by atoms with E-state index in [0.29, 0.717) is 47.8 Å². The van der Waals surface area contributed by atoms with Crippen molar-refractivity contribution in [1.29, 1.82) is 0 Å². The molecule has 0 saturated heterocycles. The molecule has 1 amide bonds. The van der Waals surface area contributed by atoms with Gasteiger partial charge in [0.15, 0.2) is 5.13 Å². The summed E-state index contributed by atoms with van der Waals surface area (Å²) in [6.07, 6.45) is 2.59. The third-order valence-electron chi connectivity index (χ3n) is 4.89. The number of thiazole rings is 1. The van der Waals surface area contributed by atoms with Gasteiger partial charge in [0.05, 0.1) is 30.4 Å². The largest absolute Gasteiger partial charge is 0.488 e. The van der Waals surface area contributed by atoms with Gasteiger partial charge in [-0.3, -0.25) is 10.1 Å². The standard InChI is InChI=1S/C24H26N2O5S2/c1-15(13-28-2)30-18-10-16(11-19(12-18)31-17-4-6-20(32-3)7-5-17)23(27)26-24-25-21-8-9-29-14-22(21)33-24/h4-7,10-12,15H,8-9,13-14H2,1-3H3,(H,25,26,27). The molecule has 0 bridgehead atoms. The van der Waals surface area contributed by atoms with Crippen molar-refractivity contribution in [2.45, 2.75) is 31.0 Å². The fourth-order valence-corrected chi connectivity index (χ4v) is 4.71. The summed E-state index contributed by atoms with van der Waals surface area (Å²) in [6.45, 7) is 3.52. The molecule has 1 N–H and O–H groups in total. The maximum atomic E-state index is 13.1. The van der Waals surface area contributed by atoms with Crippen LogP contribution < -0.4 is 14.8 Å². The molecular weight excluding hydrogens is 460 g/mol. The molecule has 1 aromatic heterocycles. The Hall–Kier alpha value is -2.59. The maximum Gasteiger partial charge on any atom is 0.257 e. The van der Waals surface area contributed by atoms with E-state index in [1.54, 1.807) is 37.1 Å². The highest BCUT2D eigenvalue weighted by atomic mass is 32.2. The van der Waals surface area contributed by atoms with E-state index in [0.717, 1.165) is 21.9 Å². The van der Waals surface area contributed by atoms with E-state index < -0.39 is 0 Å². The lowest BCUT2D eigenvalue weighted by molar-refractivity contribution is 0.0916. The predicted molar refractivity (Wildman–Crippen MR) is 130 cm³/mol. The van der Waals surface area contributed by atoms with Crippen LogP contribution in [0.4, 0.5) is 5.13 Å². The minimum atomic E-state index is -0.283. The molecule has 3 aromatic rings. The van der Waals surface area contributed by atoms with E-state index in [1.807, 2.05) is 37.4 Å². The smallest absolute Gasteiger partial charge is 0.257 e. The van der Waals surface area contributed by atoms with Gasteiger partial charge < -0.3 is 18.9 Å². The van der Waals surface area contributed by atoms with Crippen molar-refractivity contribution in [2.24, 2.45) is 0 Å². The highest BCUT2D eigenvalue weighted by Gasteiger charge is 2.19. The molecule has 2 aromatic carbocycles. The molecule has 1 aliphatic rings. The first-order chi connectivity index (χ1) is 16.0. The Labute approximate surface area is 201 Å². The minimum absolute atomic E-state index is 0.187. The summed E-state index contributed by atoms with van der Waals surface area (Å²) in [5.41, 5.74) is 1.40. The number of anilines is 1. The highest BCUT2D eigenvalue weighted by molar-refractivity contribution is 7.98. The van der Waals surface area contributed by atoms with Crippen molar-refractivity contribution in [1.82, 2.24) is 4.98 Å². The lowest BCUT2D eigenvalue weighted by Crippen LogP contribution is -2.18. The van der Waals surface area contributed by atoms with Crippen molar-refractivity contribution >= 4 is 34.1 Å². The van der Waals surface area contributed by atoms with Crippen molar-refractivity contribution in [3.05, 3.63) is 58.6 Å². The molecule has 33 heavy (non-hydrogen) atoms. The average molecular weight is 487 g/mol. The first-order valence-electron chi connectivity index (χ1n) is 10.5. The molecule has 1 atom stereocenters. The highest BCUT2D eigenvalue weighted by Crippen LogP contribution is 2.31. The fourth-order valence-electron chi connectivity index (χ4n) is 3.36. The number of thioether (sulfide) groups is 1. The summed E-state index contributed by atoms with van der Waals surface area (Å²) < 4.78 is 22.6. The maximum absolute atomic E-state index is 13.1. The molecule has 0 spiro atoms. The Balaban J connectivity index is 1.57. The van der Waals surface area contributed by atoms with Crippen LogP contribution in [0.25, 0.3) is 0 Å². The third kappa shape index (κ3) is 6.26. The van der Waals surface area contributed by atoms with Crippen molar-refractivity contribution in [3.63, 3.8) is 0 Å². The molecule has 0 radical (unpaired) electrons. The number of hydrogen-bond donors (Lipinski definition) is 1. The van der Waals surface area contributed by atoms with Crippen LogP contribution in [0.5, 0.6) is 17.2 Å². The zero-order valence-electron chi connectivity index (χ0n) is 18.8. The zero-order chi connectivity index (χ0) is 23.2. The third-order valence-corrected chi connectivity index (χ3v) is 6.62. The van der Waals surface area contributed by atoms with Gasteiger partial charge in [0.2, 0.25) is 0 Å². The van der Waals surface area contributed by atoms with Crippen LogP contribution in [-0.4, -0.2) is 43.6 Å². The number of rotatable bonds is 9. The number of fused-ring (bicyclic) bond motifs is 1. The van der Waals surface area contributed by atoms with E-state index in [2.05, 4.69) is 10.3 Å². The van der Waals surface area contributed by atoms with E-state index in [4.69, 9.17) is 18.9 Å². The van der Waals surface area contributed by atoms with Gasteiger partial charge in [-0.1, -0.05) is 11.3 Å². The number of hydrogen-bond acceptors (Lipinski definition) is 8. The van der Waals surface area contributed by atoms with Crippen LogP contribution in [0.1, 0.15) is 27.9 Å². The van der Waals surface area contributed by atoms with Crippen molar-refractivity contribution in [2.75, 3.05) is 31.9 Å². The zero-order valence-corrected chi connectivity index (χ0v) is 20.4. The van der Waals surface area contributed by atoms with Crippen LogP contribution in [0.3, 0.4) is 0 Å². The van der Waals surface area contributed by atoms with Gasteiger partial charge >= 0.3 is 0 Å². The SMILES string of the molecule is COCC(C)Oc1cc(Oc2ccc(SC)cc2)cc(C(=O)Nc2nc3c(s2)COCC3)c1. The Kier molecular flexibility index (Phi) is 7.87. The summed E-state index contributed by atoms with van der Waals surface area (Å²) in [5.74, 6) is 1.42. The lowest BCUT2D eigenvalue weighted by atomic mass is 10.2. The molecule has 0 aliphatic carbocycles. The van der Waals surface area contributed by atoms with Gasteiger partial charge in [-0.15, -0.1) is 11.8 Å². The molecule has 4 rings (SSSR count). The second-order valence-electron chi connectivity index (χ2n) is 7.50. The second-order valence-corrected chi connectivity index (χ2v) is 9.46. The number of nitrogens with zero attached hydrogens (tertiary/aromatic N) is 1. The average Bonchev–Trinajstić information content (AvgIpc) is 3.22. The number of ether oxygens (including phenoxy) is 4.